The molecule has 1 saturated heterocycles. The Morgan fingerprint density at radius 3 is 3.00 bits per heavy atom. The van der Waals surface area contributed by atoms with Crippen LogP contribution in [0.2, 0.25) is 0 Å². The highest BCUT2D eigenvalue weighted by molar-refractivity contribution is 5.62. The van der Waals surface area contributed by atoms with Crippen molar-refractivity contribution >= 4 is 5.70 Å². The van der Waals surface area contributed by atoms with Crippen LogP contribution in [-0.4, -0.2) is 24.2 Å². The highest BCUT2D eigenvalue weighted by atomic mass is 16.5. The summed E-state index contributed by atoms with van der Waals surface area (Å²) in [5.41, 5.74) is 9.51. The third-order valence-electron chi connectivity index (χ3n) is 4.23. The first-order chi connectivity index (χ1) is 11.2. The molecule has 23 heavy (non-hydrogen) atoms. The van der Waals surface area contributed by atoms with Gasteiger partial charge in [0.1, 0.15) is 5.69 Å². The number of nitrogens with two attached hydrogens (primary N) is 1. The maximum atomic E-state index is 6.20. The first-order valence-corrected chi connectivity index (χ1v) is 8.52. The van der Waals surface area contributed by atoms with Gasteiger partial charge in [0.15, 0.2) is 0 Å². The van der Waals surface area contributed by atoms with Gasteiger partial charge >= 0.3 is 0 Å². The summed E-state index contributed by atoms with van der Waals surface area (Å²) in [7, 11) is 0. The summed E-state index contributed by atoms with van der Waals surface area (Å²) in [5, 5.41) is 3.27. The molecule has 0 radical (unpaired) electrons. The number of aromatic nitrogens is 1. The summed E-state index contributed by atoms with van der Waals surface area (Å²) < 4.78 is 5.70. The van der Waals surface area contributed by atoms with Crippen LogP contribution in [-0.2, 0) is 4.74 Å². The quantitative estimate of drug-likeness (QED) is 0.839. The average molecular weight is 311 g/mol. The highest BCUT2D eigenvalue weighted by Gasteiger charge is 2.18. The van der Waals surface area contributed by atoms with E-state index in [1.54, 1.807) is 0 Å². The van der Waals surface area contributed by atoms with Crippen LogP contribution in [0.4, 0.5) is 0 Å². The van der Waals surface area contributed by atoms with Gasteiger partial charge in [-0.25, -0.2) is 4.98 Å². The Bertz CT molecular complexity index is 632. The molecule has 0 aromatic carbocycles. The topological polar surface area (TPSA) is 60.2 Å². The van der Waals surface area contributed by atoms with Crippen LogP contribution >= 0.6 is 0 Å². The summed E-state index contributed by atoms with van der Waals surface area (Å²) in [4.78, 5) is 4.60. The first-order valence-electron chi connectivity index (χ1n) is 8.52. The predicted octanol–water partition coefficient (Wildman–Crippen LogP) is 2.57. The fourth-order valence-electron chi connectivity index (χ4n) is 2.63. The lowest BCUT2D eigenvalue weighted by atomic mass is 10.1. The van der Waals surface area contributed by atoms with E-state index in [-0.39, 0.29) is 6.10 Å². The normalized spacial score (nSPS) is 21.4. The molecule has 2 heterocycles. The number of rotatable bonds is 4. The fraction of sp³-hybridized carbons (Fsp3) is 0.526. The number of pyridine rings is 1. The standard InChI is InChI=1S/C19H25N3O/c1-14-5-9-16(10-8-15-6-7-15)22-19(14)18(20)13-21-12-17-4-2-3-11-23-17/h5,9,13,15,17,21H,2-4,6-7,11-12,20H2,1H3/b18-13-. The molecule has 1 unspecified atom stereocenters. The van der Waals surface area contributed by atoms with Crippen molar-refractivity contribution in [1.29, 1.82) is 0 Å². The third-order valence-corrected chi connectivity index (χ3v) is 4.23. The Morgan fingerprint density at radius 1 is 1.39 bits per heavy atom. The van der Waals surface area contributed by atoms with Crippen molar-refractivity contribution in [2.45, 2.75) is 45.1 Å². The van der Waals surface area contributed by atoms with Crippen molar-refractivity contribution in [3.63, 3.8) is 0 Å². The zero-order chi connectivity index (χ0) is 16.1. The Labute approximate surface area is 138 Å². The molecular formula is C19H25N3O. The van der Waals surface area contributed by atoms with Crippen molar-refractivity contribution in [2.75, 3.05) is 13.2 Å². The van der Waals surface area contributed by atoms with Crippen molar-refractivity contribution in [3.8, 4) is 11.8 Å². The molecular weight excluding hydrogens is 286 g/mol. The number of nitrogens with one attached hydrogen (secondary N) is 1. The van der Waals surface area contributed by atoms with Crippen LogP contribution < -0.4 is 11.1 Å². The van der Waals surface area contributed by atoms with E-state index in [1.807, 2.05) is 25.3 Å². The van der Waals surface area contributed by atoms with E-state index in [1.165, 1.54) is 25.7 Å². The minimum atomic E-state index is 0.289. The number of hydrogen-bond donors (Lipinski definition) is 2. The lowest BCUT2D eigenvalue weighted by Gasteiger charge is -2.22. The Kier molecular flexibility index (Phi) is 5.19. The number of ether oxygens (including phenoxy) is 1. The minimum absolute atomic E-state index is 0.289. The van der Waals surface area contributed by atoms with Gasteiger partial charge in [0.25, 0.3) is 0 Å². The summed E-state index contributed by atoms with van der Waals surface area (Å²) in [5.74, 6) is 6.97. The molecule has 4 nitrogen and oxygen atoms in total. The van der Waals surface area contributed by atoms with Gasteiger partial charge < -0.3 is 15.8 Å². The molecule has 3 rings (SSSR count). The maximum Gasteiger partial charge on any atom is 0.113 e. The summed E-state index contributed by atoms with van der Waals surface area (Å²) in [6, 6.07) is 4.00. The Morgan fingerprint density at radius 2 is 2.26 bits per heavy atom. The Balaban J connectivity index is 1.62. The van der Waals surface area contributed by atoms with Gasteiger partial charge in [-0.3, -0.25) is 0 Å². The second-order valence-corrected chi connectivity index (χ2v) is 6.40. The van der Waals surface area contributed by atoms with E-state index in [2.05, 4.69) is 22.1 Å². The van der Waals surface area contributed by atoms with Gasteiger partial charge in [-0.1, -0.05) is 12.0 Å². The van der Waals surface area contributed by atoms with E-state index in [0.29, 0.717) is 11.6 Å². The number of hydrogen-bond acceptors (Lipinski definition) is 4. The van der Waals surface area contributed by atoms with Crippen LogP contribution in [0.3, 0.4) is 0 Å². The molecule has 3 N–H and O–H groups in total. The monoisotopic (exact) mass is 311 g/mol. The predicted molar refractivity (Wildman–Crippen MR) is 92.3 cm³/mol. The second-order valence-electron chi connectivity index (χ2n) is 6.40. The molecule has 0 amide bonds. The van der Waals surface area contributed by atoms with E-state index in [9.17, 15) is 0 Å². The zero-order valence-corrected chi connectivity index (χ0v) is 13.8. The van der Waals surface area contributed by atoms with Crippen molar-refractivity contribution in [3.05, 3.63) is 35.3 Å². The molecule has 1 aromatic rings. The molecule has 0 spiro atoms. The fourth-order valence-corrected chi connectivity index (χ4v) is 2.63. The number of aryl methyl sites for hydroxylation is 1. The van der Waals surface area contributed by atoms with Crippen LogP contribution in [0, 0.1) is 24.7 Å². The largest absolute Gasteiger partial charge is 0.396 e. The van der Waals surface area contributed by atoms with E-state index < -0.39 is 0 Å². The summed E-state index contributed by atoms with van der Waals surface area (Å²) >= 11 is 0. The van der Waals surface area contributed by atoms with E-state index in [4.69, 9.17) is 10.5 Å². The van der Waals surface area contributed by atoms with Crippen molar-refractivity contribution in [1.82, 2.24) is 10.3 Å². The molecule has 2 aliphatic rings. The van der Waals surface area contributed by atoms with Crippen molar-refractivity contribution < 1.29 is 4.74 Å². The van der Waals surface area contributed by atoms with Gasteiger partial charge in [-0.05, 0) is 56.6 Å². The van der Waals surface area contributed by atoms with Crippen molar-refractivity contribution in [2.24, 2.45) is 11.7 Å². The van der Waals surface area contributed by atoms with Crippen LogP contribution in [0.5, 0.6) is 0 Å². The third kappa shape index (κ3) is 4.74. The zero-order valence-electron chi connectivity index (χ0n) is 13.8. The lowest BCUT2D eigenvalue weighted by molar-refractivity contribution is 0.0188. The van der Waals surface area contributed by atoms with Gasteiger partial charge in [-0.2, -0.15) is 0 Å². The first kappa shape index (κ1) is 15.9. The highest BCUT2D eigenvalue weighted by Crippen LogP contribution is 2.27. The molecule has 1 saturated carbocycles. The van der Waals surface area contributed by atoms with E-state index in [0.717, 1.165) is 36.5 Å². The van der Waals surface area contributed by atoms with E-state index >= 15 is 0 Å². The Hall–Kier alpha value is -1.99. The molecule has 0 bridgehead atoms. The molecule has 1 aliphatic heterocycles. The molecule has 1 aromatic heterocycles. The smallest absolute Gasteiger partial charge is 0.113 e. The van der Waals surface area contributed by atoms with Gasteiger partial charge in [0.2, 0.25) is 0 Å². The van der Waals surface area contributed by atoms with Gasteiger partial charge in [-0.15, -0.1) is 0 Å². The average Bonchev–Trinajstić information content (AvgIpc) is 3.39. The second kappa shape index (κ2) is 7.52. The lowest BCUT2D eigenvalue weighted by Crippen LogP contribution is -2.29. The molecule has 122 valence electrons. The molecule has 4 heteroatoms. The molecule has 2 fully saturated rings. The van der Waals surface area contributed by atoms with Crippen LogP contribution in [0.15, 0.2) is 18.3 Å². The minimum Gasteiger partial charge on any atom is -0.396 e. The SMILES string of the molecule is Cc1ccc(C#CC2CC2)nc1/C(N)=C/NCC1CCCCO1. The maximum absolute atomic E-state index is 6.20. The van der Waals surface area contributed by atoms with Crippen LogP contribution in [0.1, 0.15) is 49.1 Å². The number of nitrogens with zero attached hydrogens (tertiary/aromatic N) is 1. The van der Waals surface area contributed by atoms with Crippen LogP contribution in [0.25, 0.3) is 5.70 Å². The molecule has 1 atom stereocenters. The summed E-state index contributed by atoms with van der Waals surface area (Å²) in [6.45, 7) is 3.68. The van der Waals surface area contributed by atoms with Gasteiger partial charge in [0, 0.05) is 25.3 Å². The molecule has 1 aliphatic carbocycles. The summed E-state index contributed by atoms with van der Waals surface area (Å²) in [6.07, 6.45) is 8.11. The van der Waals surface area contributed by atoms with Gasteiger partial charge in [0.05, 0.1) is 17.5 Å².